The van der Waals surface area contributed by atoms with E-state index in [9.17, 15) is 32.5 Å². The van der Waals surface area contributed by atoms with Crippen LogP contribution in [0.3, 0.4) is 0 Å². The number of hydrogen-bond donors (Lipinski definition) is 1. The predicted molar refractivity (Wildman–Crippen MR) is 97.2 cm³/mol. The third-order valence-electron chi connectivity index (χ3n) is 3.86. The lowest BCUT2D eigenvalue weighted by Gasteiger charge is -2.04. The van der Waals surface area contributed by atoms with E-state index in [0.717, 1.165) is 16.8 Å². The second-order valence-electron chi connectivity index (χ2n) is 5.74. The molecule has 2 heterocycles. The summed E-state index contributed by atoms with van der Waals surface area (Å²) >= 11 is 0.623. The molecule has 0 radical (unpaired) electrons. The Balaban J connectivity index is 2.04. The highest BCUT2D eigenvalue weighted by Gasteiger charge is 2.36. The Labute approximate surface area is 164 Å². The van der Waals surface area contributed by atoms with Crippen LogP contribution in [0.2, 0.25) is 0 Å². The first kappa shape index (κ1) is 20.5. The van der Waals surface area contributed by atoms with Crippen LogP contribution in [0.4, 0.5) is 28.9 Å². The van der Waals surface area contributed by atoms with Crippen LogP contribution < -0.4 is 5.32 Å². The first-order valence-electron chi connectivity index (χ1n) is 8.11. The van der Waals surface area contributed by atoms with Gasteiger partial charge in [0.15, 0.2) is 5.69 Å². The average molecular weight is 428 g/mol. The average Bonchev–Trinajstić information content (AvgIpc) is 3.27. The van der Waals surface area contributed by atoms with Gasteiger partial charge in [0.25, 0.3) is 11.6 Å². The van der Waals surface area contributed by atoms with E-state index >= 15 is 0 Å². The van der Waals surface area contributed by atoms with Gasteiger partial charge in [-0.05, 0) is 25.1 Å². The van der Waals surface area contributed by atoms with Crippen LogP contribution in [0, 0.1) is 15.9 Å². The molecule has 0 aliphatic heterocycles. The molecule has 0 aliphatic rings. The van der Waals surface area contributed by atoms with Crippen molar-refractivity contribution in [2.24, 2.45) is 0 Å². The van der Waals surface area contributed by atoms with Gasteiger partial charge in [-0.25, -0.2) is 4.39 Å². The molecule has 2 aromatic heterocycles. The number of rotatable bonds is 5. The molecule has 7 nitrogen and oxygen atoms in total. The maximum absolute atomic E-state index is 13.7. The summed E-state index contributed by atoms with van der Waals surface area (Å²) in [6.07, 6.45) is -4.73. The van der Waals surface area contributed by atoms with Crippen molar-refractivity contribution in [3.05, 3.63) is 62.9 Å². The largest absolute Gasteiger partial charge is 0.435 e. The van der Waals surface area contributed by atoms with Crippen molar-refractivity contribution in [1.29, 1.82) is 0 Å². The van der Waals surface area contributed by atoms with Gasteiger partial charge >= 0.3 is 6.18 Å². The normalized spacial score (nSPS) is 11.5. The van der Waals surface area contributed by atoms with Crippen LogP contribution in [0.5, 0.6) is 0 Å². The fourth-order valence-electron chi connectivity index (χ4n) is 2.54. The molecule has 1 aromatic carbocycles. The van der Waals surface area contributed by atoms with Crippen molar-refractivity contribution in [1.82, 2.24) is 9.78 Å². The maximum atomic E-state index is 13.7. The Kier molecular flexibility index (Phi) is 5.38. The molecule has 0 saturated carbocycles. The summed E-state index contributed by atoms with van der Waals surface area (Å²) in [7, 11) is 0. The molecule has 0 bridgehead atoms. The Bertz CT molecular complexity index is 1090. The monoisotopic (exact) mass is 428 g/mol. The van der Waals surface area contributed by atoms with E-state index in [4.69, 9.17) is 0 Å². The Morgan fingerprint density at radius 2 is 2.00 bits per heavy atom. The number of aromatic nitrogens is 2. The molecule has 3 aromatic rings. The van der Waals surface area contributed by atoms with E-state index in [0.29, 0.717) is 17.4 Å². The van der Waals surface area contributed by atoms with Gasteiger partial charge in [0.1, 0.15) is 10.7 Å². The molecule has 0 unspecified atom stereocenters. The number of para-hydroxylation sites is 1. The molecule has 0 aliphatic carbocycles. The van der Waals surface area contributed by atoms with Gasteiger partial charge in [-0.2, -0.15) is 18.3 Å². The minimum atomic E-state index is -4.73. The summed E-state index contributed by atoms with van der Waals surface area (Å²) in [5.74, 6) is -1.53. The minimum Gasteiger partial charge on any atom is -0.319 e. The zero-order valence-electron chi connectivity index (χ0n) is 14.7. The molecule has 29 heavy (non-hydrogen) atoms. The summed E-state index contributed by atoms with van der Waals surface area (Å²) in [5.41, 5.74) is -2.01. The quantitative estimate of drug-likeness (QED) is 0.354. The lowest BCUT2D eigenvalue weighted by molar-refractivity contribution is -0.383. The predicted octanol–water partition coefficient (Wildman–Crippen LogP) is 4.95. The SMILES string of the molecule is CCn1nc(C(F)(F)F)cc1-c1sc(C(=O)Nc2ccccc2F)cc1[N+](=O)[O-]. The third kappa shape index (κ3) is 4.11. The second-order valence-corrected chi connectivity index (χ2v) is 6.80. The topological polar surface area (TPSA) is 90.1 Å². The molecule has 12 heteroatoms. The van der Waals surface area contributed by atoms with E-state index < -0.39 is 34.2 Å². The molecule has 0 saturated heterocycles. The number of nitrogens with zero attached hydrogens (tertiary/aromatic N) is 3. The number of carbonyl (C=O) groups excluding carboxylic acids is 1. The van der Waals surface area contributed by atoms with Gasteiger partial charge in [-0.3, -0.25) is 19.6 Å². The first-order chi connectivity index (χ1) is 13.6. The summed E-state index contributed by atoms with van der Waals surface area (Å²) < 4.78 is 53.7. The van der Waals surface area contributed by atoms with E-state index in [1.54, 1.807) is 0 Å². The summed E-state index contributed by atoms with van der Waals surface area (Å²) in [4.78, 5) is 22.7. The van der Waals surface area contributed by atoms with Crippen LogP contribution >= 0.6 is 11.3 Å². The minimum absolute atomic E-state index is 0.0250. The Morgan fingerprint density at radius 3 is 2.59 bits per heavy atom. The smallest absolute Gasteiger partial charge is 0.319 e. The maximum Gasteiger partial charge on any atom is 0.435 e. The van der Waals surface area contributed by atoms with E-state index in [1.807, 2.05) is 0 Å². The zero-order chi connectivity index (χ0) is 21.3. The second kappa shape index (κ2) is 7.62. The van der Waals surface area contributed by atoms with Crippen molar-refractivity contribution in [3.8, 4) is 10.6 Å². The molecule has 3 rings (SSSR count). The Hall–Kier alpha value is -3.28. The summed E-state index contributed by atoms with van der Waals surface area (Å²) in [6, 6.07) is 6.97. The molecule has 0 atom stereocenters. The van der Waals surface area contributed by atoms with Crippen molar-refractivity contribution in [2.45, 2.75) is 19.6 Å². The summed E-state index contributed by atoms with van der Waals surface area (Å²) in [5, 5.41) is 17.1. The molecule has 1 N–H and O–H groups in total. The van der Waals surface area contributed by atoms with E-state index in [-0.39, 0.29) is 27.7 Å². The van der Waals surface area contributed by atoms with Crippen molar-refractivity contribution < 1.29 is 27.3 Å². The van der Waals surface area contributed by atoms with Crippen molar-refractivity contribution in [2.75, 3.05) is 5.32 Å². The fraction of sp³-hybridized carbons (Fsp3) is 0.176. The summed E-state index contributed by atoms with van der Waals surface area (Å²) in [6.45, 7) is 1.55. The van der Waals surface area contributed by atoms with Gasteiger partial charge in [0.05, 0.1) is 21.2 Å². The standard InChI is InChI=1S/C17H12F4N4O3S/c1-2-24-11(8-14(23-24)17(19,20)21)15-12(25(27)28)7-13(29-15)16(26)22-10-6-4-3-5-9(10)18/h3-8H,2H2,1H3,(H,22,26). The number of halogens is 4. The highest BCUT2D eigenvalue weighted by Crippen LogP contribution is 2.40. The molecule has 0 fully saturated rings. The van der Waals surface area contributed by atoms with Gasteiger partial charge in [0.2, 0.25) is 0 Å². The Morgan fingerprint density at radius 1 is 1.31 bits per heavy atom. The number of benzene rings is 1. The number of nitrogens with one attached hydrogen (secondary N) is 1. The van der Waals surface area contributed by atoms with Gasteiger partial charge < -0.3 is 5.32 Å². The number of amides is 1. The number of nitro groups is 1. The van der Waals surface area contributed by atoms with Crippen LogP contribution in [-0.4, -0.2) is 20.6 Å². The lowest BCUT2D eigenvalue weighted by atomic mass is 10.2. The van der Waals surface area contributed by atoms with Gasteiger partial charge in [-0.15, -0.1) is 11.3 Å². The lowest BCUT2D eigenvalue weighted by Crippen LogP contribution is -2.11. The number of carbonyl (C=O) groups is 1. The van der Waals surface area contributed by atoms with E-state index in [2.05, 4.69) is 10.4 Å². The molecule has 152 valence electrons. The van der Waals surface area contributed by atoms with Crippen LogP contribution in [0.25, 0.3) is 10.6 Å². The molecule has 0 spiro atoms. The number of thiophene rings is 1. The van der Waals surface area contributed by atoms with Crippen molar-refractivity contribution >= 4 is 28.6 Å². The number of aryl methyl sites for hydroxylation is 1. The molecular formula is C17H12F4N4O3S. The van der Waals surface area contributed by atoms with Crippen LogP contribution in [-0.2, 0) is 12.7 Å². The highest BCUT2D eigenvalue weighted by molar-refractivity contribution is 7.18. The number of anilines is 1. The molecule has 1 amide bonds. The van der Waals surface area contributed by atoms with Gasteiger partial charge in [0, 0.05) is 12.6 Å². The van der Waals surface area contributed by atoms with Crippen molar-refractivity contribution in [3.63, 3.8) is 0 Å². The third-order valence-corrected chi connectivity index (χ3v) is 5.00. The van der Waals surface area contributed by atoms with Crippen LogP contribution in [0.1, 0.15) is 22.3 Å². The fourth-order valence-corrected chi connectivity index (χ4v) is 3.58. The zero-order valence-corrected chi connectivity index (χ0v) is 15.5. The van der Waals surface area contributed by atoms with Crippen LogP contribution in [0.15, 0.2) is 36.4 Å². The van der Waals surface area contributed by atoms with E-state index in [1.165, 1.54) is 25.1 Å². The highest BCUT2D eigenvalue weighted by atomic mass is 32.1. The number of hydrogen-bond acceptors (Lipinski definition) is 5. The molecular weight excluding hydrogens is 416 g/mol. The number of alkyl halides is 3. The first-order valence-corrected chi connectivity index (χ1v) is 8.93. The van der Waals surface area contributed by atoms with Gasteiger partial charge in [-0.1, -0.05) is 12.1 Å².